The van der Waals surface area contributed by atoms with Gasteiger partial charge in [-0.15, -0.1) is 0 Å². The number of carbonyl (C=O) groups excluding carboxylic acids is 2. The minimum atomic E-state index is -3.95. The van der Waals surface area contributed by atoms with Crippen LogP contribution in [0.5, 0.6) is 0 Å². The summed E-state index contributed by atoms with van der Waals surface area (Å²) < 4.78 is 24.7. The summed E-state index contributed by atoms with van der Waals surface area (Å²) in [6, 6.07) is 8.91. The van der Waals surface area contributed by atoms with Crippen LogP contribution in [0.3, 0.4) is 0 Å². The molecule has 1 aliphatic rings. The number of hydrogen-bond acceptors (Lipinski definition) is 4. The molecule has 0 bridgehead atoms. The minimum absolute atomic E-state index is 0.0367. The van der Waals surface area contributed by atoms with Gasteiger partial charge in [0.15, 0.2) is 14.6 Å². The predicted molar refractivity (Wildman–Crippen MR) is 96.2 cm³/mol. The zero-order valence-electron chi connectivity index (χ0n) is 13.8. The summed E-state index contributed by atoms with van der Waals surface area (Å²) in [6.45, 7) is 0. The zero-order valence-corrected chi connectivity index (χ0v) is 15.4. The van der Waals surface area contributed by atoms with Crippen LogP contribution in [-0.2, 0) is 14.6 Å². The van der Waals surface area contributed by atoms with Crippen molar-refractivity contribution in [1.82, 2.24) is 15.8 Å². The van der Waals surface area contributed by atoms with Gasteiger partial charge in [0.1, 0.15) is 5.69 Å². The van der Waals surface area contributed by atoms with Gasteiger partial charge in [-0.1, -0.05) is 24.4 Å². The van der Waals surface area contributed by atoms with Crippen molar-refractivity contribution in [2.24, 2.45) is 0 Å². The smallest absolute Gasteiger partial charge is 0.286 e. The lowest BCUT2D eigenvalue weighted by Gasteiger charge is -2.27. The maximum Gasteiger partial charge on any atom is 0.286 e. The molecule has 2 amide bonds. The Bertz CT molecular complexity index is 902. The van der Waals surface area contributed by atoms with Crippen molar-refractivity contribution in [3.05, 3.63) is 53.3 Å². The second kappa shape index (κ2) is 7.13. The number of aromatic nitrogens is 1. The lowest BCUT2D eigenvalue weighted by molar-refractivity contribution is -0.124. The van der Waals surface area contributed by atoms with Gasteiger partial charge in [-0.3, -0.25) is 20.4 Å². The number of aromatic amines is 1. The number of hydrogen-bond donors (Lipinski definition) is 3. The van der Waals surface area contributed by atoms with Crippen molar-refractivity contribution >= 4 is 33.3 Å². The van der Waals surface area contributed by atoms with E-state index in [1.165, 1.54) is 30.3 Å². The molecule has 0 spiro atoms. The fourth-order valence-electron chi connectivity index (χ4n) is 3.17. The number of sulfone groups is 1. The number of nitrogens with one attached hydrogen (secondary N) is 3. The third-order valence-electron chi connectivity index (χ3n) is 4.60. The van der Waals surface area contributed by atoms with Crippen LogP contribution < -0.4 is 10.9 Å². The molecule has 1 saturated carbocycles. The molecule has 1 aliphatic carbocycles. The summed E-state index contributed by atoms with van der Waals surface area (Å²) in [5.74, 6) is -1.29. The van der Waals surface area contributed by atoms with E-state index in [0.29, 0.717) is 17.9 Å². The molecule has 1 heterocycles. The van der Waals surface area contributed by atoms with Gasteiger partial charge in [0.2, 0.25) is 0 Å². The highest BCUT2D eigenvalue weighted by molar-refractivity contribution is 7.93. The van der Waals surface area contributed by atoms with Crippen LogP contribution in [0.25, 0.3) is 0 Å². The summed E-state index contributed by atoms with van der Waals surface area (Å²) in [5, 5.41) is 0.409. The first-order valence-corrected chi connectivity index (χ1v) is 9.97. The summed E-state index contributed by atoms with van der Waals surface area (Å²) in [5.41, 5.74) is 4.80. The van der Waals surface area contributed by atoms with E-state index in [2.05, 4.69) is 15.8 Å². The maximum absolute atomic E-state index is 13.2. The third kappa shape index (κ3) is 3.22. The predicted octanol–water partition coefficient (Wildman–Crippen LogP) is 2.22. The number of H-pyrrole nitrogens is 1. The van der Waals surface area contributed by atoms with E-state index in [1.807, 2.05) is 0 Å². The summed E-state index contributed by atoms with van der Waals surface area (Å²) in [6.07, 6.45) is 3.19. The van der Waals surface area contributed by atoms with E-state index >= 15 is 0 Å². The molecule has 1 fully saturated rings. The molecule has 2 aromatic rings. The number of benzene rings is 1. The van der Waals surface area contributed by atoms with Crippen LogP contribution in [0.4, 0.5) is 0 Å². The van der Waals surface area contributed by atoms with Gasteiger partial charge in [0.25, 0.3) is 11.8 Å². The van der Waals surface area contributed by atoms with Gasteiger partial charge in [-0.05, 0) is 49.2 Å². The number of hydrazine groups is 1. The Balaban J connectivity index is 1.84. The van der Waals surface area contributed by atoms with E-state index < -0.39 is 26.4 Å². The Kier molecular flexibility index (Phi) is 5.06. The van der Waals surface area contributed by atoms with Gasteiger partial charge >= 0.3 is 0 Å². The molecule has 0 atom stereocenters. The van der Waals surface area contributed by atoms with Crippen LogP contribution >= 0.6 is 11.6 Å². The van der Waals surface area contributed by atoms with Gasteiger partial charge < -0.3 is 4.98 Å². The first kappa shape index (κ1) is 18.5. The highest BCUT2D eigenvalue weighted by atomic mass is 35.5. The summed E-state index contributed by atoms with van der Waals surface area (Å²) in [4.78, 5) is 27.5. The number of halogens is 1. The molecule has 9 heteroatoms. The van der Waals surface area contributed by atoms with E-state index in [9.17, 15) is 18.0 Å². The average Bonchev–Trinajstić information content (AvgIpc) is 3.32. The van der Waals surface area contributed by atoms with E-state index in [4.69, 9.17) is 11.6 Å². The lowest BCUT2D eigenvalue weighted by atomic mass is 10.1. The van der Waals surface area contributed by atoms with Gasteiger partial charge in [0.05, 0.1) is 4.90 Å². The number of rotatable bonds is 4. The Labute approximate surface area is 156 Å². The fourth-order valence-corrected chi connectivity index (χ4v) is 5.36. The van der Waals surface area contributed by atoms with E-state index in [0.717, 1.165) is 0 Å². The van der Waals surface area contributed by atoms with Crippen molar-refractivity contribution in [3.63, 3.8) is 0 Å². The molecular formula is C17H18ClN3O4S. The first-order valence-electron chi connectivity index (χ1n) is 8.11. The van der Waals surface area contributed by atoms with E-state index in [-0.39, 0.29) is 23.4 Å². The Morgan fingerprint density at radius 2 is 1.69 bits per heavy atom. The highest BCUT2D eigenvalue weighted by Crippen LogP contribution is 2.40. The van der Waals surface area contributed by atoms with Crippen LogP contribution in [0.1, 0.15) is 36.2 Å². The monoisotopic (exact) mass is 395 g/mol. The topological polar surface area (TPSA) is 108 Å². The second-order valence-corrected chi connectivity index (χ2v) is 8.85. The molecule has 1 aromatic carbocycles. The number of amides is 2. The van der Waals surface area contributed by atoms with Crippen molar-refractivity contribution in [3.8, 4) is 0 Å². The standard InChI is InChI=1S/C17H18ClN3O4S/c18-12-5-7-13(8-6-12)26(24,25)17(9-1-2-10-17)16(23)21-20-15(22)14-4-3-11-19-14/h3-8,11,19H,1-2,9-10H2,(H,20,22)(H,21,23). The van der Waals surface area contributed by atoms with Gasteiger partial charge in [0, 0.05) is 11.2 Å². The summed E-state index contributed by atoms with van der Waals surface area (Å²) in [7, 11) is -3.95. The van der Waals surface area contributed by atoms with Crippen molar-refractivity contribution in [2.75, 3.05) is 0 Å². The molecular weight excluding hydrogens is 378 g/mol. The maximum atomic E-state index is 13.2. The molecule has 0 unspecified atom stereocenters. The average molecular weight is 396 g/mol. The van der Waals surface area contributed by atoms with Gasteiger partial charge in [-0.25, -0.2) is 8.42 Å². The third-order valence-corrected chi connectivity index (χ3v) is 7.36. The van der Waals surface area contributed by atoms with Crippen LogP contribution in [0.15, 0.2) is 47.5 Å². The molecule has 7 nitrogen and oxygen atoms in total. The molecule has 0 saturated heterocycles. The molecule has 3 rings (SSSR count). The number of carbonyl (C=O) groups is 2. The van der Waals surface area contributed by atoms with Crippen molar-refractivity contribution in [2.45, 2.75) is 35.3 Å². The lowest BCUT2D eigenvalue weighted by Crippen LogP contribution is -2.55. The van der Waals surface area contributed by atoms with E-state index in [1.54, 1.807) is 12.3 Å². The Morgan fingerprint density at radius 3 is 2.27 bits per heavy atom. The zero-order chi connectivity index (χ0) is 18.8. The largest absolute Gasteiger partial charge is 0.357 e. The molecule has 0 aliphatic heterocycles. The normalized spacial score (nSPS) is 16.2. The Morgan fingerprint density at radius 1 is 1.04 bits per heavy atom. The first-order chi connectivity index (χ1) is 12.4. The minimum Gasteiger partial charge on any atom is -0.357 e. The molecule has 0 radical (unpaired) electrons. The fraction of sp³-hybridized carbons (Fsp3) is 0.294. The molecule has 3 N–H and O–H groups in total. The summed E-state index contributed by atoms with van der Waals surface area (Å²) >= 11 is 5.83. The quantitative estimate of drug-likeness (QED) is 0.689. The van der Waals surface area contributed by atoms with Crippen LogP contribution in [0, 0.1) is 0 Å². The van der Waals surface area contributed by atoms with Crippen LogP contribution in [0.2, 0.25) is 5.02 Å². The van der Waals surface area contributed by atoms with Crippen molar-refractivity contribution in [1.29, 1.82) is 0 Å². The molecule has 1 aromatic heterocycles. The SMILES string of the molecule is O=C(NNC(=O)C1(S(=O)(=O)c2ccc(Cl)cc2)CCCC1)c1ccc[nH]1. The van der Waals surface area contributed by atoms with Crippen LogP contribution in [-0.4, -0.2) is 30.0 Å². The second-order valence-electron chi connectivity index (χ2n) is 6.15. The van der Waals surface area contributed by atoms with Crippen molar-refractivity contribution < 1.29 is 18.0 Å². The Hall–Kier alpha value is -2.32. The van der Waals surface area contributed by atoms with Gasteiger partial charge in [-0.2, -0.15) is 0 Å². The molecule has 138 valence electrons. The molecule has 26 heavy (non-hydrogen) atoms. The highest BCUT2D eigenvalue weighted by Gasteiger charge is 2.53.